The van der Waals surface area contributed by atoms with Crippen LogP contribution in [-0.2, 0) is 20.6 Å². The maximum Gasteiger partial charge on any atom is 0.203 e. The van der Waals surface area contributed by atoms with Gasteiger partial charge in [-0.15, -0.1) is 0 Å². The van der Waals surface area contributed by atoms with E-state index in [4.69, 9.17) is 0 Å². The van der Waals surface area contributed by atoms with E-state index in [1.165, 1.54) is 11.3 Å². The first-order valence-electron chi connectivity index (χ1n) is 6.29. The molecule has 0 unspecified atom stereocenters. The number of fused-ring (bicyclic) bond motifs is 1. The van der Waals surface area contributed by atoms with Crippen LogP contribution in [0.25, 0.3) is 11.0 Å². The molecular formula is C14H17N5. The number of para-hydroxylation sites is 2. The van der Waals surface area contributed by atoms with Gasteiger partial charge in [-0.05, 0) is 19.1 Å². The van der Waals surface area contributed by atoms with Gasteiger partial charge < -0.3 is 9.88 Å². The van der Waals surface area contributed by atoms with E-state index >= 15 is 0 Å². The van der Waals surface area contributed by atoms with Crippen LogP contribution in [0.15, 0.2) is 30.5 Å². The number of benzene rings is 1. The van der Waals surface area contributed by atoms with Gasteiger partial charge in [-0.3, -0.25) is 4.68 Å². The fraction of sp³-hybridized carbons (Fsp3) is 0.286. The van der Waals surface area contributed by atoms with Crippen LogP contribution in [0.4, 0.5) is 5.95 Å². The monoisotopic (exact) mass is 255 g/mol. The highest BCUT2D eigenvalue weighted by atomic mass is 15.3. The number of imidazole rings is 1. The Morgan fingerprint density at radius 1 is 1.21 bits per heavy atom. The van der Waals surface area contributed by atoms with Crippen molar-refractivity contribution < 1.29 is 0 Å². The molecular weight excluding hydrogens is 238 g/mol. The Morgan fingerprint density at radius 2 is 2.00 bits per heavy atom. The summed E-state index contributed by atoms with van der Waals surface area (Å²) in [4.78, 5) is 4.59. The summed E-state index contributed by atoms with van der Waals surface area (Å²) >= 11 is 0. The number of nitrogens with zero attached hydrogens (tertiary/aromatic N) is 4. The van der Waals surface area contributed by atoms with Crippen LogP contribution in [0, 0.1) is 6.92 Å². The first kappa shape index (κ1) is 11.8. The van der Waals surface area contributed by atoms with E-state index in [2.05, 4.69) is 33.0 Å². The first-order valence-corrected chi connectivity index (χ1v) is 6.29. The molecule has 0 saturated carbocycles. The van der Waals surface area contributed by atoms with Gasteiger partial charge in [-0.1, -0.05) is 12.1 Å². The van der Waals surface area contributed by atoms with Crippen LogP contribution >= 0.6 is 0 Å². The van der Waals surface area contributed by atoms with Crippen molar-refractivity contribution in [1.29, 1.82) is 0 Å². The SMILES string of the molecule is Cc1c(CNc2nc3ccccc3n2C)cnn1C. The molecule has 5 nitrogen and oxygen atoms in total. The Balaban J connectivity index is 1.86. The summed E-state index contributed by atoms with van der Waals surface area (Å²) in [7, 11) is 3.97. The lowest BCUT2D eigenvalue weighted by Crippen LogP contribution is -2.05. The summed E-state index contributed by atoms with van der Waals surface area (Å²) in [6.07, 6.45) is 1.89. The molecule has 2 heterocycles. The van der Waals surface area contributed by atoms with Crippen molar-refractivity contribution in [2.75, 3.05) is 5.32 Å². The maximum absolute atomic E-state index is 4.59. The van der Waals surface area contributed by atoms with E-state index in [0.717, 1.165) is 23.5 Å². The van der Waals surface area contributed by atoms with Crippen molar-refractivity contribution in [3.05, 3.63) is 41.7 Å². The third-order valence-corrected chi connectivity index (χ3v) is 3.56. The summed E-state index contributed by atoms with van der Waals surface area (Å²) in [5.41, 5.74) is 4.50. The van der Waals surface area contributed by atoms with Crippen LogP contribution in [0.3, 0.4) is 0 Å². The van der Waals surface area contributed by atoms with E-state index in [-0.39, 0.29) is 0 Å². The van der Waals surface area contributed by atoms with E-state index in [1.807, 2.05) is 43.2 Å². The lowest BCUT2D eigenvalue weighted by atomic mass is 10.2. The lowest BCUT2D eigenvalue weighted by molar-refractivity contribution is 0.738. The summed E-state index contributed by atoms with van der Waals surface area (Å²) in [5, 5.41) is 7.61. The van der Waals surface area contributed by atoms with Gasteiger partial charge in [0, 0.05) is 31.9 Å². The van der Waals surface area contributed by atoms with Gasteiger partial charge >= 0.3 is 0 Å². The highest BCUT2D eigenvalue weighted by Crippen LogP contribution is 2.18. The predicted octanol–water partition coefficient (Wildman–Crippen LogP) is 2.23. The third kappa shape index (κ3) is 1.97. The molecule has 0 saturated heterocycles. The number of aryl methyl sites for hydroxylation is 2. The molecule has 0 atom stereocenters. The second kappa shape index (κ2) is 4.42. The van der Waals surface area contributed by atoms with Gasteiger partial charge in [-0.2, -0.15) is 5.10 Å². The second-order valence-corrected chi connectivity index (χ2v) is 4.72. The average molecular weight is 255 g/mol. The van der Waals surface area contributed by atoms with Crippen LogP contribution in [-0.4, -0.2) is 19.3 Å². The number of hydrogen-bond acceptors (Lipinski definition) is 3. The largest absolute Gasteiger partial charge is 0.351 e. The predicted molar refractivity (Wildman–Crippen MR) is 76.0 cm³/mol. The second-order valence-electron chi connectivity index (χ2n) is 4.72. The number of aromatic nitrogens is 4. The molecule has 0 aliphatic heterocycles. The normalized spacial score (nSPS) is 11.1. The van der Waals surface area contributed by atoms with Crippen LogP contribution in [0.2, 0.25) is 0 Å². The van der Waals surface area contributed by atoms with E-state index in [0.29, 0.717) is 0 Å². The summed E-state index contributed by atoms with van der Waals surface area (Å²) in [6, 6.07) is 8.13. The van der Waals surface area contributed by atoms with Gasteiger partial charge in [0.2, 0.25) is 5.95 Å². The molecule has 0 radical (unpaired) electrons. The molecule has 0 aliphatic rings. The molecule has 1 aromatic carbocycles. The molecule has 0 fully saturated rings. The van der Waals surface area contributed by atoms with Crippen molar-refractivity contribution in [2.24, 2.45) is 14.1 Å². The van der Waals surface area contributed by atoms with Gasteiger partial charge in [0.15, 0.2) is 0 Å². The van der Waals surface area contributed by atoms with Crippen molar-refractivity contribution in [1.82, 2.24) is 19.3 Å². The molecule has 0 aliphatic carbocycles. The zero-order valence-corrected chi connectivity index (χ0v) is 11.4. The maximum atomic E-state index is 4.59. The molecule has 5 heteroatoms. The summed E-state index contributed by atoms with van der Waals surface area (Å²) in [5.74, 6) is 0.879. The minimum Gasteiger partial charge on any atom is -0.351 e. The van der Waals surface area contributed by atoms with Crippen molar-refractivity contribution in [3.63, 3.8) is 0 Å². The zero-order valence-electron chi connectivity index (χ0n) is 11.4. The van der Waals surface area contributed by atoms with Crippen molar-refractivity contribution in [2.45, 2.75) is 13.5 Å². The fourth-order valence-corrected chi connectivity index (χ4v) is 2.20. The minimum atomic E-state index is 0.733. The van der Waals surface area contributed by atoms with Crippen molar-refractivity contribution >= 4 is 17.0 Å². The molecule has 1 N–H and O–H groups in total. The van der Waals surface area contributed by atoms with Crippen LogP contribution in [0.5, 0.6) is 0 Å². The van der Waals surface area contributed by atoms with Gasteiger partial charge in [0.1, 0.15) is 0 Å². The molecule has 2 aromatic heterocycles. The smallest absolute Gasteiger partial charge is 0.203 e. The Kier molecular flexibility index (Phi) is 2.74. The highest BCUT2D eigenvalue weighted by molar-refractivity contribution is 5.78. The topological polar surface area (TPSA) is 47.7 Å². The molecule has 0 spiro atoms. The Labute approximate surface area is 111 Å². The molecule has 0 bridgehead atoms. The van der Waals surface area contributed by atoms with E-state index < -0.39 is 0 Å². The Bertz CT molecular complexity index is 723. The quantitative estimate of drug-likeness (QED) is 0.780. The number of hydrogen-bond donors (Lipinski definition) is 1. The molecule has 3 aromatic rings. The molecule has 98 valence electrons. The minimum absolute atomic E-state index is 0.733. The number of anilines is 1. The van der Waals surface area contributed by atoms with Gasteiger partial charge in [0.05, 0.1) is 17.2 Å². The first-order chi connectivity index (χ1) is 9.16. The Hall–Kier alpha value is -2.30. The van der Waals surface area contributed by atoms with E-state index in [9.17, 15) is 0 Å². The van der Waals surface area contributed by atoms with E-state index in [1.54, 1.807) is 0 Å². The molecule has 0 amide bonds. The highest BCUT2D eigenvalue weighted by Gasteiger charge is 2.08. The zero-order chi connectivity index (χ0) is 13.4. The van der Waals surface area contributed by atoms with Gasteiger partial charge in [0.25, 0.3) is 0 Å². The average Bonchev–Trinajstić information content (AvgIpc) is 2.91. The standard InChI is InChI=1S/C14H17N5/c1-10-11(9-16-19(10)3)8-15-14-17-12-6-4-5-7-13(12)18(14)2/h4-7,9H,8H2,1-3H3,(H,15,17). The Morgan fingerprint density at radius 3 is 2.68 bits per heavy atom. The van der Waals surface area contributed by atoms with Crippen LogP contribution in [0.1, 0.15) is 11.3 Å². The van der Waals surface area contributed by atoms with Crippen LogP contribution < -0.4 is 5.32 Å². The van der Waals surface area contributed by atoms with Crippen molar-refractivity contribution in [3.8, 4) is 0 Å². The summed E-state index contributed by atoms with van der Waals surface area (Å²) < 4.78 is 3.95. The summed E-state index contributed by atoms with van der Waals surface area (Å²) in [6.45, 7) is 2.80. The number of rotatable bonds is 3. The van der Waals surface area contributed by atoms with Gasteiger partial charge in [-0.25, -0.2) is 4.98 Å². The third-order valence-electron chi connectivity index (χ3n) is 3.56. The lowest BCUT2D eigenvalue weighted by Gasteiger charge is -2.05. The molecule has 19 heavy (non-hydrogen) atoms. The fourth-order valence-electron chi connectivity index (χ4n) is 2.20. The molecule has 3 rings (SSSR count). The number of nitrogens with one attached hydrogen (secondary N) is 1.